The van der Waals surface area contributed by atoms with Crippen LogP contribution in [0.25, 0.3) is 10.9 Å². The van der Waals surface area contributed by atoms with Crippen LogP contribution in [0, 0.1) is 0 Å². The van der Waals surface area contributed by atoms with E-state index >= 15 is 0 Å². The molecule has 1 saturated heterocycles. The van der Waals surface area contributed by atoms with E-state index in [0.29, 0.717) is 37.5 Å². The van der Waals surface area contributed by atoms with Crippen LogP contribution in [0.2, 0.25) is 5.02 Å². The fourth-order valence-electron chi connectivity index (χ4n) is 4.75. The quantitative estimate of drug-likeness (QED) is 0.647. The summed E-state index contributed by atoms with van der Waals surface area (Å²) in [6.07, 6.45) is 2.87. The molecule has 3 aromatic rings. The van der Waals surface area contributed by atoms with E-state index in [9.17, 15) is 13.2 Å². The maximum atomic E-state index is 13.6. The third-order valence-corrected chi connectivity index (χ3v) is 8.49. The second kappa shape index (κ2) is 7.97. The van der Waals surface area contributed by atoms with Crippen LogP contribution in [0.15, 0.2) is 53.4 Å². The van der Waals surface area contributed by atoms with Crippen LogP contribution in [-0.4, -0.2) is 47.6 Å². The van der Waals surface area contributed by atoms with Gasteiger partial charge in [0.05, 0.1) is 4.90 Å². The number of nitrogens with one attached hydrogen (secondary N) is 1. The number of piperidine rings is 1. The number of aromatic amines is 1. The maximum absolute atomic E-state index is 13.6. The molecule has 1 unspecified atom stereocenters. The van der Waals surface area contributed by atoms with Gasteiger partial charge in [-0.3, -0.25) is 4.79 Å². The normalized spacial score (nSPS) is 20.0. The molecule has 2 aromatic carbocycles. The van der Waals surface area contributed by atoms with Crippen LogP contribution in [0.4, 0.5) is 0 Å². The molecule has 6 nitrogen and oxygen atoms in total. The molecule has 1 aromatic heterocycles. The van der Waals surface area contributed by atoms with E-state index < -0.39 is 16.1 Å². The standard InChI is InChI=1S/C23H24ClN3O3S/c24-16-9-10-20-18(14-16)19-15-26(13-11-21(19)25-20)23(28)22-8-4-5-12-27(22)31(29,30)17-6-2-1-3-7-17/h1-3,6-7,9-10,14,22,25H,4-5,8,11-13,15H2. The minimum atomic E-state index is -3.72. The minimum absolute atomic E-state index is 0.110. The molecule has 5 rings (SSSR count). The summed E-state index contributed by atoms with van der Waals surface area (Å²) in [7, 11) is -3.72. The molecule has 3 heterocycles. The fraction of sp³-hybridized carbons (Fsp3) is 0.348. The van der Waals surface area contributed by atoms with E-state index in [0.717, 1.165) is 35.0 Å². The van der Waals surface area contributed by atoms with Gasteiger partial charge in [-0.15, -0.1) is 0 Å². The number of carbonyl (C=O) groups is 1. The Bertz CT molecular complexity index is 1240. The van der Waals surface area contributed by atoms with Crippen molar-refractivity contribution in [3.63, 3.8) is 0 Å². The number of H-pyrrole nitrogens is 1. The van der Waals surface area contributed by atoms with Crippen LogP contribution in [0.1, 0.15) is 30.5 Å². The molecule has 2 aliphatic heterocycles. The first-order valence-electron chi connectivity index (χ1n) is 10.6. The summed E-state index contributed by atoms with van der Waals surface area (Å²) in [5.41, 5.74) is 3.21. The lowest BCUT2D eigenvalue weighted by Crippen LogP contribution is -2.53. The smallest absolute Gasteiger partial charge is 0.243 e. The Labute approximate surface area is 186 Å². The first-order valence-corrected chi connectivity index (χ1v) is 12.4. The zero-order valence-electron chi connectivity index (χ0n) is 17.1. The average Bonchev–Trinajstić information content (AvgIpc) is 3.16. The summed E-state index contributed by atoms with van der Waals surface area (Å²) in [4.78, 5) is 19.0. The molecule has 0 saturated carbocycles. The monoisotopic (exact) mass is 457 g/mol. The van der Waals surface area contributed by atoms with Crippen molar-refractivity contribution in [2.45, 2.75) is 43.2 Å². The predicted octanol–water partition coefficient (Wildman–Crippen LogP) is 3.95. The molecule has 0 aliphatic carbocycles. The molecule has 31 heavy (non-hydrogen) atoms. The second-order valence-corrected chi connectivity index (χ2v) is 10.5. The first kappa shape index (κ1) is 20.5. The number of carbonyl (C=O) groups excluding carboxylic acids is 1. The molecular weight excluding hydrogens is 434 g/mol. The van der Waals surface area contributed by atoms with Crippen molar-refractivity contribution >= 4 is 38.4 Å². The molecule has 1 N–H and O–H groups in total. The number of nitrogens with zero attached hydrogens (tertiary/aromatic N) is 2. The first-order chi connectivity index (χ1) is 14.9. The van der Waals surface area contributed by atoms with Crippen molar-refractivity contribution in [3.8, 4) is 0 Å². The van der Waals surface area contributed by atoms with Gasteiger partial charge in [0.25, 0.3) is 0 Å². The maximum Gasteiger partial charge on any atom is 0.243 e. The van der Waals surface area contributed by atoms with E-state index in [1.165, 1.54) is 4.31 Å². The number of aromatic nitrogens is 1. The van der Waals surface area contributed by atoms with Crippen LogP contribution < -0.4 is 0 Å². The molecule has 0 radical (unpaired) electrons. The molecule has 8 heteroatoms. The lowest BCUT2D eigenvalue weighted by molar-refractivity contribution is -0.137. The highest BCUT2D eigenvalue weighted by Crippen LogP contribution is 2.32. The molecule has 2 aliphatic rings. The van der Waals surface area contributed by atoms with Gasteiger partial charge in [-0.2, -0.15) is 4.31 Å². The van der Waals surface area contributed by atoms with E-state index in [1.54, 1.807) is 35.2 Å². The van der Waals surface area contributed by atoms with Gasteiger partial charge in [-0.05, 0) is 43.2 Å². The average molecular weight is 458 g/mol. The number of rotatable bonds is 3. The Morgan fingerprint density at radius 3 is 2.68 bits per heavy atom. The number of fused-ring (bicyclic) bond motifs is 3. The number of benzene rings is 2. The molecular formula is C23H24ClN3O3S. The van der Waals surface area contributed by atoms with Crippen LogP contribution >= 0.6 is 11.6 Å². The third kappa shape index (κ3) is 3.64. The highest BCUT2D eigenvalue weighted by Gasteiger charge is 2.40. The lowest BCUT2D eigenvalue weighted by Gasteiger charge is -2.38. The van der Waals surface area contributed by atoms with E-state index in [1.807, 2.05) is 18.2 Å². The van der Waals surface area contributed by atoms with Gasteiger partial charge >= 0.3 is 0 Å². The Morgan fingerprint density at radius 2 is 1.87 bits per heavy atom. The minimum Gasteiger partial charge on any atom is -0.358 e. The number of halogens is 1. The summed E-state index contributed by atoms with van der Waals surface area (Å²) >= 11 is 6.20. The Balaban J connectivity index is 1.44. The van der Waals surface area contributed by atoms with Crippen LogP contribution in [0.3, 0.4) is 0 Å². The van der Waals surface area contributed by atoms with Gasteiger partial charge in [0.1, 0.15) is 6.04 Å². The highest BCUT2D eigenvalue weighted by molar-refractivity contribution is 7.89. The number of hydrogen-bond acceptors (Lipinski definition) is 3. The van der Waals surface area contributed by atoms with Crippen molar-refractivity contribution in [1.82, 2.24) is 14.2 Å². The van der Waals surface area contributed by atoms with Crippen molar-refractivity contribution in [1.29, 1.82) is 0 Å². The van der Waals surface area contributed by atoms with Gasteiger partial charge in [0.2, 0.25) is 15.9 Å². The fourth-order valence-corrected chi connectivity index (χ4v) is 6.60. The Kier molecular flexibility index (Phi) is 5.28. The molecule has 162 valence electrons. The number of sulfonamides is 1. The third-order valence-electron chi connectivity index (χ3n) is 6.34. The van der Waals surface area contributed by atoms with E-state index in [-0.39, 0.29) is 10.8 Å². The van der Waals surface area contributed by atoms with Gasteiger partial charge in [-0.25, -0.2) is 8.42 Å². The topological polar surface area (TPSA) is 73.5 Å². The highest BCUT2D eigenvalue weighted by atomic mass is 35.5. The van der Waals surface area contributed by atoms with E-state index in [4.69, 9.17) is 11.6 Å². The SMILES string of the molecule is O=C(C1CCCCN1S(=O)(=O)c1ccccc1)N1CCc2[nH]c3ccc(Cl)cc3c2C1. The summed E-state index contributed by atoms with van der Waals surface area (Å²) in [5.74, 6) is -0.110. The largest absolute Gasteiger partial charge is 0.358 e. The van der Waals surface area contributed by atoms with Crippen LogP contribution in [-0.2, 0) is 27.8 Å². The summed E-state index contributed by atoms with van der Waals surface area (Å²) in [6.45, 7) is 1.40. The zero-order valence-corrected chi connectivity index (χ0v) is 18.6. The summed E-state index contributed by atoms with van der Waals surface area (Å²) in [6, 6.07) is 13.5. The number of amides is 1. The van der Waals surface area contributed by atoms with Crippen molar-refractivity contribution in [2.75, 3.05) is 13.1 Å². The summed E-state index contributed by atoms with van der Waals surface area (Å²) < 4.78 is 28.0. The van der Waals surface area contributed by atoms with Gasteiger partial charge in [0.15, 0.2) is 0 Å². The molecule has 0 spiro atoms. The molecule has 1 fully saturated rings. The predicted molar refractivity (Wildman–Crippen MR) is 120 cm³/mol. The van der Waals surface area contributed by atoms with E-state index in [2.05, 4.69) is 4.98 Å². The summed E-state index contributed by atoms with van der Waals surface area (Å²) in [5, 5.41) is 1.68. The van der Waals surface area contributed by atoms with Gasteiger partial charge < -0.3 is 9.88 Å². The molecule has 1 atom stereocenters. The van der Waals surface area contributed by atoms with Crippen molar-refractivity contribution < 1.29 is 13.2 Å². The number of hydrogen-bond donors (Lipinski definition) is 1. The Hall–Kier alpha value is -2.35. The van der Waals surface area contributed by atoms with Crippen molar-refractivity contribution in [2.24, 2.45) is 0 Å². The van der Waals surface area contributed by atoms with Crippen molar-refractivity contribution in [3.05, 3.63) is 64.8 Å². The van der Waals surface area contributed by atoms with Gasteiger partial charge in [-0.1, -0.05) is 36.2 Å². The molecule has 1 amide bonds. The second-order valence-electron chi connectivity index (χ2n) is 8.22. The molecule has 0 bridgehead atoms. The van der Waals surface area contributed by atoms with Crippen LogP contribution in [0.5, 0.6) is 0 Å². The Morgan fingerprint density at radius 1 is 1.06 bits per heavy atom. The zero-order chi connectivity index (χ0) is 21.6. The lowest BCUT2D eigenvalue weighted by atomic mass is 10.0. The van der Waals surface area contributed by atoms with Gasteiger partial charge in [0, 0.05) is 53.2 Å².